The second-order valence-corrected chi connectivity index (χ2v) is 8.42. The number of benzene rings is 1. The van der Waals surface area contributed by atoms with E-state index in [2.05, 4.69) is 25.5 Å². The Labute approximate surface area is 198 Å². The number of hydrogen-bond donors (Lipinski definition) is 2. The lowest BCUT2D eigenvalue weighted by Crippen LogP contribution is -2.37. The molecule has 3 aromatic heterocycles. The maximum absolute atomic E-state index is 14.6. The van der Waals surface area contributed by atoms with Gasteiger partial charge in [-0.3, -0.25) is 9.48 Å². The quantitative estimate of drug-likeness (QED) is 0.400. The first kappa shape index (κ1) is 22.6. The monoisotopic (exact) mass is 480 g/mol. The number of hydrogen-bond acceptors (Lipinski definition) is 7. The normalized spacial score (nSPS) is 17.9. The number of carboxylic acid groups (broad SMARTS) is 1. The molecule has 0 aliphatic heterocycles. The highest BCUT2D eigenvalue weighted by atomic mass is 19.1. The highest BCUT2D eigenvalue weighted by Crippen LogP contribution is 2.29. The van der Waals surface area contributed by atoms with Gasteiger partial charge < -0.3 is 14.9 Å². The summed E-state index contributed by atoms with van der Waals surface area (Å²) in [4.78, 5) is 20.0. The van der Waals surface area contributed by atoms with E-state index in [0.717, 1.165) is 19.0 Å². The molecule has 1 saturated carbocycles. The average molecular weight is 480 g/mol. The summed E-state index contributed by atoms with van der Waals surface area (Å²) in [5, 5.41) is 21.0. The van der Waals surface area contributed by atoms with Crippen LogP contribution in [0.3, 0.4) is 0 Å². The summed E-state index contributed by atoms with van der Waals surface area (Å²) in [6, 6.07) is 9.23. The van der Waals surface area contributed by atoms with Crippen LogP contribution in [0.25, 0.3) is 22.9 Å². The number of rotatable bonds is 7. The van der Waals surface area contributed by atoms with Crippen LogP contribution in [0.15, 0.2) is 53.4 Å². The molecule has 1 unspecified atom stereocenters. The highest BCUT2D eigenvalue weighted by Gasteiger charge is 2.31. The standard InChI is InChI=1S/C24H22F2N6O3/c25-16-7-3-1-5-14(16)13-32-21(19-9-10-35-31-19)11-20(30-32)23-27-12-17(26)22(29-23)28-18-8-4-2-6-15(18)24(33)34/h1,3,5,7,9-12,15,18H,2,4,6,8,13H2,(H,33,34)(H,27,28,29)/t15-,18?/m1/s1. The molecular formula is C24H22F2N6O3. The molecule has 1 aromatic carbocycles. The minimum Gasteiger partial charge on any atom is -0.481 e. The lowest BCUT2D eigenvalue weighted by molar-refractivity contribution is -0.143. The Morgan fingerprint density at radius 1 is 1.14 bits per heavy atom. The van der Waals surface area contributed by atoms with Gasteiger partial charge in [-0.1, -0.05) is 36.2 Å². The summed E-state index contributed by atoms with van der Waals surface area (Å²) in [5.74, 6) is -2.55. The van der Waals surface area contributed by atoms with Gasteiger partial charge in [-0.05, 0) is 25.0 Å². The molecule has 1 aliphatic carbocycles. The molecular weight excluding hydrogens is 458 g/mol. The number of aromatic nitrogens is 5. The third-order valence-corrected chi connectivity index (χ3v) is 6.14. The minimum absolute atomic E-state index is 0.0835. The lowest BCUT2D eigenvalue weighted by Gasteiger charge is -2.29. The highest BCUT2D eigenvalue weighted by molar-refractivity contribution is 5.72. The van der Waals surface area contributed by atoms with Crippen molar-refractivity contribution in [3.8, 4) is 22.9 Å². The minimum atomic E-state index is -0.916. The number of carbonyl (C=O) groups is 1. The molecule has 3 heterocycles. The molecule has 0 saturated heterocycles. The first-order valence-corrected chi connectivity index (χ1v) is 11.2. The molecule has 9 nitrogen and oxygen atoms in total. The Hall–Kier alpha value is -4.15. The third kappa shape index (κ3) is 4.75. The van der Waals surface area contributed by atoms with Crippen molar-refractivity contribution < 1.29 is 23.2 Å². The maximum atomic E-state index is 14.6. The fourth-order valence-corrected chi connectivity index (χ4v) is 4.35. The van der Waals surface area contributed by atoms with E-state index in [1.165, 1.54) is 12.3 Å². The molecule has 2 atom stereocenters. The SMILES string of the molecule is O=C(O)[C@@H]1CCCCC1Nc1nc(-c2cc(-c3ccon3)n(Cc3ccccc3F)n2)ncc1F. The van der Waals surface area contributed by atoms with Crippen molar-refractivity contribution in [3.05, 3.63) is 66.1 Å². The van der Waals surface area contributed by atoms with Gasteiger partial charge in [0.25, 0.3) is 0 Å². The van der Waals surface area contributed by atoms with Gasteiger partial charge in [-0.2, -0.15) is 5.10 Å². The fraction of sp³-hybridized carbons (Fsp3) is 0.292. The third-order valence-electron chi connectivity index (χ3n) is 6.14. The van der Waals surface area contributed by atoms with E-state index in [4.69, 9.17) is 4.52 Å². The van der Waals surface area contributed by atoms with Gasteiger partial charge in [0.05, 0.1) is 24.4 Å². The predicted molar refractivity (Wildman–Crippen MR) is 121 cm³/mol. The first-order valence-electron chi connectivity index (χ1n) is 11.2. The van der Waals surface area contributed by atoms with Crippen LogP contribution in [-0.4, -0.2) is 42.0 Å². The molecule has 180 valence electrons. The Morgan fingerprint density at radius 3 is 2.74 bits per heavy atom. The number of nitrogens with zero attached hydrogens (tertiary/aromatic N) is 5. The first-order chi connectivity index (χ1) is 17.0. The average Bonchev–Trinajstić information content (AvgIpc) is 3.52. The van der Waals surface area contributed by atoms with Crippen LogP contribution in [0, 0.1) is 17.6 Å². The van der Waals surface area contributed by atoms with Crippen molar-refractivity contribution in [1.82, 2.24) is 24.9 Å². The van der Waals surface area contributed by atoms with E-state index in [9.17, 15) is 18.7 Å². The second-order valence-electron chi connectivity index (χ2n) is 8.42. The van der Waals surface area contributed by atoms with E-state index in [-0.39, 0.29) is 24.0 Å². The van der Waals surface area contributed by atoms with Crippen molar-refractivity contribution in [1.29, 1.82) is 0 Å². The van der Waals surface area contributed by atoms with E-state index in [1.54, 1.807) is 35.0 Å². The van der Waals surface area contributed by atoms with Gasteiger partial charge in [0, 0.05) is 17.7 Å². The van der Waals surface area contributed by atoms with Crippen molar-refractivity contribution in [2.75, 3.05) is 5.32 Å². The second kappa shape index (κ2) is 9.61. The Kier molecular flexibility index (Phi) is 6.21. The summed E-state index contributed by atoms with van der Waals surface area (Å²) in [6.07, 6.45) is 5.22. The molecule has 0 spiro atoms. The van der Waals surface area contributed by atoms with Crippen LogP contribution in [-0.2, 0) is 11.3 Å². The Morgan fingerprint density at radius 2 is 1.97 bits per heavy atom. The number of halogens is 2. The summed E-state index contributed by atoms with van der Waals surface area (Å²) in [6.45, 7) is 0.115. The number of nitrogens with one attached hydrogen (secondary N) is 1. The molecule has 11 heteroatoms. The molecule has 1 fully saturated rings. The van der Waals surface area contributed by atoms with Crippen molar-refractivity contribution >= 4 is 11.8 Å². The predicted octanol–water partition coefficient (Wildman–Crippen LogP) is 4.38. The lowest BCUT2D eigenvalue weighted by atomic mass is 9.84. The van der Waals surface area contributed by atoms with Crippen LogP contribution in [0.2, 0.25) is 0 Å². The van der Waals surface area contributed by atoms with Crippen LogP contribution < -0.4 is 5.32 Å². The van der Waals surface area contributed by atoms with E-state index in [0.29, 0.717) is 35.5 Å². The topological polar surface area (TPSA) is 119 Å². The van der Waals surface area contributed by atoms with E-state index >= 15 is 0 Å². The number of carboxylic acids is 1. The van der Waals surface area contributed by atoms with Crippen molar-refractivity contribution in [2.45, 2.75) is 38.3 Å². The Bertz CT molecular complexity index is 1340. The molecule has 0 amide bonds. The van der Waals surface area contributed by atoms with Gasteiger partial charge in [-0.25, -0.2) is 18.7 Å². The van der Waals surface area contributed by atoms with E-state index in [1.807, 2.05) is 0 Å². The molecule has 2 N–H and O–H groups in total. The maximum Gasteiger partial charge on any atom is 0.308 e. The van der Waals surface area contributed by atoms with Crippen LogP contribution in [0.4, 0.5) is 14.6 Å². The van der Waals surface area contributed by atoms with Gasteiger partial charge in [0.2, 0.25) is 0 Å². The molecule has 4 aromatic rings. The number of aliphatic carboxylic acids is 1. The Balaban J connectivity index is 1.49. The number of anilines is 1. The van der Waals surface area contributed by atoms with Crippen LogP contribution in [0.1, 0.15) is 31.2 Å². The molecule has 1 aliphatic rings. The molecule has 0 radical (unpaired) electrons. The molecule has 35 heavy (non-hydrogen) atoms. The molecule has 5 rings (SSSR count). The summed E-state index contributed by atoms with van der Waals surface area (Å²) in [7, 11) is 0. The van der Waals surface area contributed by atoms with Gasteiger partial charge in [-0.15, -0.1) is 0 Å². The van der Waals surface area contributed by atoms with Gasteiger partial charge in [0.15, 0.2) is 17.5 Å². The van der Waals surface area contributed by atoms with Gasteiger partial charge in [0.1, 0.15) is 23.5 Å². The largest absolute Gasteiger partial charge is 0.481 e. The molecule has 0 bridgehead atoms. The summed E-state index contributed by atoms with van der Waals surface area (Å²) < 4.78 is 35.4. The summed E-state index contributed by atoms with van der Waals surface area (Å²) >= 11 is 0. The zero-order valence-corrected chi connectivity index (χ0v) is 18.6. The van der Waals surface area contributed by atoms with Crippen molar-refractivity contribution in [3.63, 3.8) is 0 Å². The van der Waals surface area contributed by atoms with Gasteiger partial charge >= 0.3 is 5.97 Å². The summed E-state index contributed by atoms with van der Waals surface area (Å²) in [5.41, 5.74) is 1.76. The van der Waals surface area contributed by atoms with Crippen molar-refractivity contribution in [2.24, 2.45) is 5.92 Å². The van der Waals surface area contributed by atoms with Crippen LogP contribution >= 0.6 is 0 Å². The zero-order valence-electron chi connectivity index (χ0n) is 18.6. The zero-order chi connectivity index (χ0) is 24.4. The van der Waals surface area contributed by atoms with E-state index < -0.39 is 23.7 Å². The fourth-order valence-electron chi connectivity index (χ4n) is 4.35. The van der Waals surface area contributed by atoms with Crippen LogP contribution in [0.5, 0.6) is 0 Å². The smallest absolute Gasteiger partial charge is 0.308 e.